The number of hydrogen-bond acceptors (Lipinski definition) is 5. The number of fused-ring (bicyclic) bond motifs is 2. The highest BCUT2D eigenvalue weighted by Gasteiger charge is 2.33. The smallest absolute Gasteiger partial charge is 0.0683 e. The Morgan fingerprint density at radius 1 is 0.488 bits per heavy atom. The molecule has 0 fully saturated rings. The van der Waals surface area contributed by atoms with Gasteiger partial charge in [-0.15, -0.1) is 11.8 Å². The maximum Gasteiger partial charge on any atom is 0.0683 e. The molecule has 0 saturated carbocycles. The molecule has 2 atom stereocenters. The molecular weight excluding hydrogens is 575 g/mol. The van der Waals surface area contributed by atoms with E-state index >= 15 is 0 Å². The van der Waals surface area contributed by atoms with Crippen LogP contribution in [0.2, 0.25) is 0 Å². The van der Waals surface area contributed by atoms with E-state index < -0.39 is 0 Å². The minimum Gasteiger partial charge on any atom is -0.332 e. The monoisotopic (exact) mass is 601 g/mol. The Morgan fingerprint density at radius 3 is 1.61 bits per heavy atom. The van der Waals surface area contributed by atoms with Crippen LogP contribution in [0, 0.1) is 0 Å². The zero-order valence-corrected chi connectivity index (χ0v) is 25.4. The molecule has 1 heterocycles. The molecule has 5 aromatic carbocycles. The number of nitrogens with zero attached hydrogens (tertiary/aromatic N) is 1. The average molecular weight is 602 g/mol. The molecule has 5 aromatic rings. The van der Waals surface area contributed by atoms with E-state index in [0.717, 1.165) is 0 Å². The quantitative estimate of drug-likeness (QED) is 0.182. The summed E-state index contributed by atoms with van der Waals surface area (Å²) in [6.07, 6.45) is 9.01. The topological polar surface area (TPSA) is 3.24 Å². The molecule has 1 nitrogen and oxygen atoms in total. The predicted octanol–water partition coefficient (Wildman–Crippen LogP) is 11.2. The van der Waals surface area contributed by atoms with Crippen LogP contribution in [0.5, 0.6) is 0 Å². The van der Waals surface area contributed by atoms with Crippen molar-refractivity contribution in [3.05, 3.63) is 152 Å². The summed E-state index contributed by atoms with van der Waals surface area (Å²) in [5.41, 5.74) is 2.51. The third kappa shape index (κ3) is 6.19. The standard InChI is InChI=1S/C36H27NS4/c1-3-11-27(12-4-1)38-30-23-31(39-28-13-5-2-6-14-28)25-32(24-30)40-29-21-19-26(20-22-29)37-33-15-7-9-17-35(33)41-36-18-10-8-16-34(36)37/h1-25,33,35H. The number of anilines is 2. The molecule has 0 radical (unpaired) electrons. The SMILES string of the molecule is C1=CC2Sc3ccccc3N(c3ccc(Sc4cc(Sc5ccccc5)cc(Sc5ccccc5)c4)cc3)C2C=C1. The Labute approximate surface area is 259 Å². The van der Waals surface area contributed by atoms with Gasteiger partial charge in [0.15, 0.2) is 0 Å². The van der Waals surface area contributed by atoms with E-state index in [4.69, 9.17) is 0 Å². The van der Waals surface area contributed by atoms with Crippen LogP contribution in [0.1, 0.15) is 0 Å². The summed E-state index contributed by atoms with van der Waals surface area (Å²) in [5.74, 6) is 0. The molecule has 1 aliphatic carbocycles. The first kappa shape index (κ1) is 26.7. The van der Waals surface area contributed by atoms with Crippen LogP contribution in [-0.2, 0) is 0 Å². The molecule has 0 bridgehead atoms. The van der Waals surface area contributed by atoms with Crippen LogP contribution in [0.15, 0.2) is 186 Å². The fourth-order valence-corrected chi connectivity index (χ4v) is 9.35. The van der Waals surface area contributed by atoms with Gasteiger partial charge in [0.25, 0.3) is 0 Å². The second kappa shape index (κ2) is 12.3. The largest absolute Gasteiger partial charge is 0.332 e. The molecular formula is C36H27NS4. The van der Waals surface area contributed by atoms with Gasteiger partial charge >= 0.3 is 0 Å². The molecule has 41 heavy (non-hydrogen) atoms. The minimum atomic E-state index is 0.308. The highest BCUT2D eigenvalue weighted by atomic mass is 32.2. The van der Waals surface area contributed by atoms with Crippen LogP contribution < -0.4 is 4.90 Å². The van der Waals surface area contributed by atoms with Crippen molar-refractivity contribution < 1.29 is 0 Å². The van der Waals surface area contributed by atoms with Gasteiger partial charge in [0, 0.05) is 40.0 Å². The lowest BCUT2D eigenvalue weighted by Crippen LogP contribution is -2.40. The van der Waals surface area contributed by atoms with Crippen molar-refractivity contribution in [1.29, 1.82) is 0 Å². The van der Waals surface area contributed by atoms with E-state index in [1.807, 2.05) is 47.0 Å². The Balaban J connectivity index is 1.17. The molecule has 7 rings (SSSR count). The number of allylic oxidation sites excluding steroid dienone is 2. The summed E-state index contributed by atoms with van der Waals surface area (Å²) in [7, 11) is 0. The Kier molecular flexibility index (Phi) is 8.02. The number of thioether (sulfide) groups is 1. The van der Waals surface area contributed by atoms with Gasteiger partial charge in [0.05, 0.1) is 17.0 Å². The molecule has 0 N–H and O–H groups in total. The normalized spacial score (nSPS) is 17.2. The molecule has 0 saturated heterocycles. The third-order valence-electron chi connectivity index (χ3n) is 6.90. The Hall–Kier alpha value is -3.22. The molecule has 0 aromatic heterocycles. The molecule has 0 amide bonds. The maximum absolute atomic E-state index is 2.50. The van der Waals surface area contributed by atoms with Crippen molar-refractivity contribution in [3.63, 3.8) is 0 Å². The molecule has 2 aliphatic rings. The van der Waals surface area contributed by atoms with E-state index in [-0.39, 0.29) is 0 Å². The van der Waals surface area contributed by atoms with Gasteiger partial charge in [-0.05, 0) is 78.9 Å². The second-order valence-corrected chi connectivity index (χ2v) is 14.4. The first-order valence-electron chi connectivity index (χ1n) is 13.6. The van der Waals surface area contributed by atoms with E-state index in [0.29, 0.717) is 11.3 Å². The fraction of sp³-hybridized carbons (Fsp3) is 0.0556. The summed E-state index contributed by atoms with van der Waals surface area (Å²) in [4.78, 5) is 11.3. The average Bonchev–Trinajstić information content (AvgIpc) is 3.01. The fourth-order valence-electron chi connectivity index (χ4n) is 5.07. The van der Waals surface area contributed by atoms with Gasteiger partial charge in [-0.2, -0.15) is 0 Å². The summed E-state index contributed by atoms with van der Waals surface area (Å²) >= 11 is 7.42. The van der Waals surface area contributed by atoms with Crippen molar-refractivity contribution >= 4 is 58.4 Å². The summed E-state index contributed by atoms with van der Waals surface area (Å²) in [6, 6.07) is 46.3. The van der Waals surface area contributed by atoms with Crippen LogP contribution in [0.4, 0.5) is 11.4 Å². The van der Waals surface area contributed by atoms with Gasteiger partial charge in [-0.3, -0.25) is 0 Å². The lowest BCUT2D eigenvalue weighted by Gasteiger charge is -2.42. The molecule has 200 valence electrons. The maximum atomic E-state index is 2.50. The van der Waals surface area contributed by atoms with E-state index in [1.165, 1.54) is 45.6 Å². The van der Waals surface area contributed by atoms with Crippen LogP contribution in [-0.4, -0.2) is 11.3 Å². The number of benzene rings is 5. The lowest BCUT2D eigenvalue weighted by atomic mass is 10.0. The number of hydrogen-bond donors (Lipinski definition) is 0. The minimum absolute atomic E-state index is 0.308. The van der Waals surface area contributed by atoms with Crippen molar-refractivity contribution in [2.75, 3.05) is 4.90 Å². The zero-order chi connectivity index (χ0) is 27.4. The Bertz CT molecular complexity index is 1640. The lowest BCUT2D eigenvalue weighted by molar-refractivity contribution is 0.778. The Morgan fingerprint density at radius 2 is 1.00 bits per heavy atom. The van der Waals surface area contributed by atoms with Crippen molar-refractivity contribution in [1.82, 2.24) is 0 Å². The van der Waals surface area contributed by atoms with Crippen molar-refractivity contribution in [2.45, 2.75) is 45.6 Å². The number of para-hydroxylation sites is 1. The van der Waals surface area contributed by atoms with Crippen LogP contribution in [0.25, 0.3) is 0 Å². The van der Waals surface area contributed by atoms with E-state index in [9.17, 15) is 0 Å². The van der Waals surface area contributed by atoms with E-state index in [2.05, 4.69) is 157 Å². The summed E-state index contributed by atoms with van der Waals surface area (Å²) < 4.78 is 0. The van der Waals surface area contributed by atoms with Gasteiger partial charge in [0.2, 0.25) is 0 Å². The summed E-state index contributed by atoms with van der Waals surface area (Å²) in [6.45, 7) is 0. The zero-order valence-electron chi connectivity index (χ0n) is 22.2. The van der Waals surface area contributed by atoms with Gasteiger partial charge in [-0.1, -0.05) is 108 Å². The second-order valence-electron chi connectivity index (χ2n) is 9.75. The molecule has 1 aliphatic heterocycles. The highest BCUT2D eigenvalue weighted by molar-refractivity contribution is 8.01. The van der Waals surface area contributed by atoms with Crippen molar-refractivity contribution in [3.8, 4) is 0 Å². The first-order valence-corrected chi connectivity index (χ1v) is 16.9. The van der Waals surface area contributed by atoms with Crippen LogP contribution >= 0.6 is 47.0 Å². The predicted molar refractivity (Wildman–Crippen MR) is 178 cm³/mol. The first-order chi connectivity index (χ1) is 20.3. The van der Waals surface area contributed by atoms with Gasteiger partial charge in [-0.25, -0.2) is 0 Å². The molecule has 0 spiro atoms. The van der Waals surface area contributed by atoms with E-state index in [1.54, 1.807) is 0 Å². The van der Waals surface area contributed by atoms with Crippen LogP contribution in [0.3, 0.4) is 0 Å². The molecule has 2 unspecified atom stereocenters. The highest BCUT2D eigenvalue weighted by Crippen LogP contribution is 2.47. The van der Waals surface area contributed by atoms with Crippen molar-refractivity contribution in [2.24, 2.45) is 0 Å². The number of rotatable bonds is 7. The summed E-state index contributed by atoms with van der Waals surface area (Å²) in [5, 5.41) is 0.411. The van der Waals surface area contributed by atoms with Gasteiger partial charge in [0.1, 0.15) is 0 Å². The molecule has 5 heteroatoms. The third-order valence-corrected chi connectivity index (χ3v) is 11.1. The van der Waals surface area contributed by atoms with Gasteiger partial charge < -0.3 is 4.90 Å².